The molecule has 1 saturated carbocycles. The van der Waals surface area contributed by atoms with Crippen molar-refractivity contribution in [3.05, 3.63) is 0 Å². The van der Waals surface area contributed by atoms with Gasteiger partial charge in [-0.05, 0) is 30.6 Å². The first kappa shape index (κ1) is 11.0. The summed E-state index contributed by atoms with van der Waals surface area (Å²) in [6.07, 6.45) is 4.32. The highest BCUT2D eigenvalue weighted by Crippen LogP contribution is 2.48. The second kappa shape index (κ2) is 4.00. The highest BCUT2D eigenvalue weighted by Gasteiger charge is 2.47. The molecule has 0 aliphatic heterocycles. The fourth-order valence-corrected chi connectivity index (χ4v) is 2.70. The zero-order chi connectivity index (χ0) is 10.1. The van der Waals surface area contributed by atoms with Crippen LogP contribution in [0.2, 0.25) is 0 Å². The molecule has 1 aliphatic rings. The zero-order valence-electron chi connectivity index (χ0n) is 9.51. The van der Waals surface area contributed by atoms with E-state index in [1.807, 2.05) is 0 Å². The second-order valence-corrected chi connectivity index (χ2v) is 5.03. The van der Waals surface area contributed by atoms with E-state index in [-0.39, 0.29) is 5.60 Å². The van der Waals surface area contributed by atoms with E-state index in [1.165, 1.54) is 0 Å². The molecule has 0 bridgehead atoms. The lowest BCUT2D eigenvalue weighted by atomic mass is 9.60. The Morgan fingerprint density at radius 3 is 2.00 bits per heavy atom. The molecule has 0 aromatic rings. The molecule has 0 aromatic heterocycles. The fraction of sp³-hybridized carbons (Fsp3) is 1.00. The molecule has 0 unspecified atom stereocenters. The molecule has 1 N–H and O–H groups in total. The van der Waals surface area contributed by atoms with Crippen LogP contribution >= 0.6 is 0 Å². The molecule has 0 radical (unpaired) electrons. The van der Waals surface area contributed by atoms with Crippen LogP contribution < -0.4 is 0 Å². The zero-order valence-corrected chi connectivity index (χ0v) is 9.51. The summed E-state index contributed by atoms with van der Waals surface area (Å²) in [4.78, 5) is 0. The fourth-order valence-electron chi connectivity index (χ4n) is 2.70. The minimum atomic E-state index is -0.307. The van der Waals surface area contributed by atoms with Crippen LogP contribution in [0.5, 0.6) is 0 Å². The minimum Gasteiger partial charge on any atom is -0.390 e. The highest BCUT2D eigenvalue weighted by molar-refractivity contribution is 4.98. The van der Waals surface area contributed by atoms with Gasteiger partial charge in [0.2, 0.25) is 0 Å². The first-order chi connectivity index (χ1) is 6.03. The van der Waals surface area contributed by atoms with Crippen LogP contribution in [0.1, 0.15) is 53.4 Å². The molecule has 1 heteroatoms. The minimum absolute atomic E-state index is 0.307. The summed E-state index contributed by atoms with van der Waals surface area (Å²) < 4.78 is 0. The van der Waals surface area contributed by atoms with Crippen molar-refractivity contribution in [3.63, 3.8) is 0 Å². The number of rotatable bonds is 4. The van der Waals surface area contributed by atoms with Crippen molar-refractivity contribution < 1.29 is 5.11 Å². The van der Waals surface area contributed by atoms with Gasteiger partial charge in [-0.15, -0.1) is 0 Å². The lowest BCUT2D eigenvalue weighted by Gasteiger charge is -2.50. The lowest BCUT2D eigenvalue weighted by Crippen LogP contribution is -2.51. The first-order valence-electron chi connectivity index (χ1n) is 5.75. The molecule has 0 aromatic carbocycles. The van der Waals surface area contributed by atoms with Gasteiger partial charge in [-0.1, -0.05) is 40.5 Å². The average molecular weight is 184 g/mol. The molecular formula is C12H24O. The van der Waals surface area contributed by atoms with Crippen LogP contribution in [-0.2, 0) is 0 Å². The SMILES string of the molecule is CCC(CC)C1(O)CC(C(C)C)C1. The Labute approximate surface area is 82.5 Å². The van der Waals surface area contributed by atoms with E-state index >= 15 is 0 Å². The average Bonchev–Trinajstić information content (AvgIpc) is 2.01. The molecule has 1 nitrogen and oxygen atoms in total. The summed E-state index contributed by atoms with van der Waals surface area (Å²) in [6, 6.07) is 0. The smallest absolute Gasteiger partial charge is 0.0681 e. The highest BCUT2D eigenvalue weighted by atomic mass is 16.3. The van der Waals surface area contributed by atoms with Gasteiger partial charge >= 0.3 is 0 Å². The lowest BCUT2D eigenvalue weighted by molar-refractivity contribution is -0.130. The van der Waals surface area contributed by atoms with Gasteiger partial charge in [0, 0.05) is 0 Å². The van der Waals surface area contributed by atoms with Gasteiger partial charge in [0.25, 0.3) is 0 Å². The van der Waals surface area contributed by atoms with Crippen molar-refractivity contribution in [1.82, 2.24) is 0 Å². The molecular weight excluding hydrogens is 160 g/mol. The molecule has 78 valence electrons. The maximum atomic E-state index is 10.3. The predicted molar refractivity (Wildman–Crippen MR) is 56.6 cm³/mol. The van der Waals surface area contributed by atoms with Crippen molar-refractivity contribution >= 4 is 0 Å². The normalized spacial score (nSPS) is 33.9. The van der Waals surface area contributed by atoms with Crippen molar-refractivity contribution in [3.8, 4) is 0 Å². The standard InChI is InChI=1S/C12H24O/c1-5-11(6-2)12(13)7-10(8-12)9(3)4/h9-11,13H,5-8H2,1-4H3. The van der Waals surface area contributed by atoms with E-state index in [0.29, 0.717) is 5.92 Å². The molecule has 0 atom stereocenters. The molecule has 0 spiro atoms. The maximum Gasteiger partial charge on any atom is 0.0681 e. The van der Waals surface area contributed by atoms with Gasteiger partial charge < -0.3 is 5.11 Å². The van der Waals surface area contributed by atoms with E-state index in [1.54, 1.807) is 0 Å². The quantitative estimate of drug-likeness (QED) is 0.711. The van der Waals surface area contributed by atoms with Crippen molar-refractivity contribution in [1.29, 1.82) is 0 Å². The van der Waals surface area contributed by atoms with Crippen LogP contribution in [0.15, 0.2) is 0 Å². The number of hydrogen-bond donors (Lipinski definition) is 1. The Morgan fingerprint density at radius 1 is 1.23 bits per heavy atom. The molecule has 0 saturated heterocycles. The van der Waals surface area contributed by atoms with Gasteiger partial charge in [-0.2, -0.15) is 0 Å². The van der Waals surface area contributed by atoms with E-state index in [2.05, 4.69) is 27.7 Å². The monoisotopic (exact) mass is 184 g/mol. The van der Waals surface area contributed by atoms with Gasteiger partial charge in [-0.3, -0.25) is 0 Å². The second-order valence-electron chi connectivity index (χ2n) is 5.03. The van der Waals surface area contributed by atoms with Crippen molar-refractivity contribution in [2.75, 3.05) is 0 Å². The summed E-state index contributed by atoms with van der Waals surface area (Å²) in [5.41, 5.74) is -0.307. The van der Waals surface area contributed by atoms with E-state index < -0.39 is 0 Å². The van der Waals surface area contributed by atoms with E-state index in [4.69, 9.17) is 0 Å². The third-order valence-corrected chi connectivity index (χ3v) is 3.92. The van der Waals surface area contributed by atoms with Gasteiger partial charge in [0.15, 0.2) is 0 Å². The van der Waals surface area contributed by atoms with Gasteiger partial charge in [0.1, 0.15) is 0 Å². The Hall–Kier alpha value is -0.0400. The van der Waals surface area contributed by atoms with E-state index in [9.17, 15) is 5.11 Å². The molecule has 13 heavy (non-hydrogen) atoms. The summed E-state index contributed by atoms with van der Waals surface area (Å²) in [7, 11) is 0. The van der Waals surface area contributed by atoms with Gasteiger partial charge in [-0.25, -0.2) is 0 Å². The third kappa shape index (κ3) is 2.07. The molecule has 1 aliphatic carbocycles. The Balaban J connectivity index is 2.44. The van der Waals surface area contributed by atoms with Crippen LogP contribution in [0.4, 0.5) is 0 Å². The summed E-state index contributed by atoms with van der Waals surface area (Å²) in [6.45, 7) is 8.90. The Bertz CT molecular complexity index is 153. The van der Waals surface area contributed by atoms with Crippen molar-refractivity contribution in [2.24, 2.45) is 17.8 Å². The summed E-state index contributed by atoms with van der Waals surface area (Å²) in [5, 5.41) is 10.3. The van der Waals surface area contributed by atoms with Crippen LogP contribution in [0, 0.1) is 17.8 Å². The Morgan fingerprint density at radius 2 is 1.69 bits per heavy atom. The summed E-state index contributed by atoms with van der Waals surface area (Å²) >= 11 is 0. The molecule has 1 fully saturated rings. The van der Waals surface area contributed by atoms with Crippen LogP contribution in [0.3, 0.4) is 0 Å². The molecule has 0 heterocycles. The molecule has 0 amide bonds. The van der Waals surface area contributed by atoms with Crippen LogP contribution in [0.25, 0.3) is 0 Å². The van der Waals surface area contributed by atoms with E-state index in [0.717, 1.165) is 37.5 Å². The van der Waals surface area contributed by atoms with Gasteiger partial charge in [0.05, 0.1) is 5.60 Å². The third-order valence-electron chi connectivity index (χ3n) is 3.92. The first-order valence-corrected chi connectivity index (χ1v) is 5.75. The van der Waals surface area contributed by atoms with Crippen molar-refractivity contribution in [2.45, 2.75) is 59.0 Å². The maximum absolute atomic E-state index is 10.3. The largest absolute Gasteiger partial charge is 0.390 e. The Kier molecular flexibility index (Phi) is 3.39. The topological polar surface area (TPSA) is 20.2 Å². The number of hydrogen-bond acceptors (Lipinski definition) is 1. The van der Waals surface area contributed by atoms with Crippen LogP contribution in [-0.4, -0.2) is 10.7 Å². The molecule has 1 rings (SSSR count). The summed E-state index contributed by atoms with van der Waals surface area (Å²) in [5.74, 6) is 2.04. The number of aliphatic hydroxyl groups is 1. The predicted octanol–water partition coefficient (Wildman–Crippen LogP) is 3.22.